The number of anilines is 1. The Balaban J connectivity index is 1.42. The standard InChI is InChI=1S/C30H33ClN2O5/c1-30(2,3)29(37)33-26-12-11-24(16-25(26)28(35)36)38-23-10-8-18-7-9-22(14-20(18)15-23)32-17-27(34)19-5-4-6-21(31)13-19/h4-6,8,10-13,15-16,22,27,32,34H,7,9,14,17H2,1-3H3,(H,33,37)(H,35,36)/t22-,27+/m0/s1. The first kappa shape index (κ1) is 27.6. The van der Waals surface area contributed by atoms with Crippen molar-refractivity contribution in [2.24, 2.45) is 5.41 Å². The number of carbonyl (C=O) groups is 2. The number of aliphatic hydroxyl groups is 1. The van der Waals surface area contributed by atoms with Crippen molar-refractivity contribution in [3.63, 3.8) is 0 Å². The number of aromatic carboxylic acids is 1. The molecule has 2 atom stereocenters. The van der Waals surface area contributed by atoms with E-state index in [9.17, 15) is 19.8 Å². The number of rotatable bonds is 8. The predicted molar refractivity (Wildman–Crippen MR) is 148 cm³/mol. The number of aliphatic hydroxyl groups excluding tert-OH is 1. The molecule has 4 N–H and O–H groups in total. The molecule has 1 aliphatic carbocycles. The minimum Gasteiger partial charge on any atom is -0.478 e. The summed E-state index contributed by atoms with van der Waals surface area (Å²) in [6.07, 6.45) is 2.00. The molecule has 0 heterocycles. The molecule has 0 aliphatic heterocycles. The second-order valence-corrected chi connectivity index (χ2v) is 11.1. The van der Waals surface area contributed by atoms with Gasteiger partial charge in [0.25, 0.3) is 0 Å². The molecule has 3 aromatic carbocycles. The van der Waals surface area contributed by atoms with Crippen LogP contribution in [0.5, 0.6) is 11.5 Å². The Morgan fingerprint density at radius 2 is 1.79 bits per heavy atom. The summed E-state index contributed by atoms with van der Waals surface area (Å²) in [4.78, 5) is 24.2. The van der Waals surface area contributed by atoms with Crippen molar-refractivity contribution in [2.75, 3.05) is 11.9 Å². The van der Waals surface area contributed by atoms with Crippen LogP contribution in [0.15, 0.2) is 60.7 Å². The molecule has 0 radical (unpaired) electrons. The molecular formula is C30H33ClN2O5. The van der Waals surface area contributed by atoms with Crippen molar-refractivity contribution in [2.45, 2.75) is 52.2 Å². The van der Waals surface area contributed by atoms with Gasteiger partial charge in [-0.2, -0.15) is 0 Å². The van der Waals surface area contributed by atoms with Gasteiger partial charge in [-0.05, 0) is 78.4 Å². The summed E-state index contributed by atoms with van der Waals surface area (Å²) in [6.45, 7) is 5.71. The van der Waals surface area contributed by atoms with E-state index in [1.807, 2.05) is 30.3 Å². The number of fused-ring (bicyclic) bond motifs is 1. The monoisotopic (exact) mass is 536 g/mol. The largest absolute Gasteiger partial charge is 0.478 e. The smallest absolute Gasteiger partial charge is 0.337 e. The van der Waals surface area contributed by atoms with E-state index in [1.54, 1.807) is 45.0 Å². The number of ether oxygens (including phenoxy) is 1. The molecule has 0 unspecified atom stereocenters. The van der Waals surface area contributed by atoms with Crippen LogP contribution in [0.4, 0.5) is 5.69 Å². The molecule has 8 heteroatoms. The van der Waals surface area contributed by atoms with Gasteiger partial charge in [-0.3, -0.25) is 4.79 Å². The Hall–Kier alpha value is -3.39. The summed E-state index contributed by atoms with van der Waals surface area (Å²) in [5, 5.41) is 27.0. The fourth-order valence-corrected chi connectivity index (χ4v) is 4.60. The topological polar surface area (TPSA) is 108 Å². The highest BCUT2D eigenvalue weighted by molar-refractivity contribution is 6.30. The quantitative estimate of drug-likeness (QED) is 0.281. The lowest BCUT2D eigenvalue weighted by Gasteiger charge is -2.27. The number of hydrogen-bond acceptors (Lipinski definition) is 5. The van der Waals surface area contributed by atoms with Gasteiger partial charge in [-0.15, -0.1) is 0 Å². The van der Waals surface area contributed by atoms with Crippen molar-refractivity contribution in [1.82, 2.24) is 5.32 Å². The molecule has 4 rings (SSSR count). The second-order valence-electron chi connectivity index (χ2n) is 10.7. The van der Waals surface area contributed by atoms with Crippen molar-refractivity contribution in [3.05, 3.63) is 87.9 Å². The summed E-state index contributed by atoms with van der Waals surface area (Å²) < 4.78 is 6.02. The number of carboxylic acids is 1. The Labute approximate surface area is 227 Å². The first-order chi connectivity index (χ1) is 18.0. The molecule has 7 nitrogen and oxygen atoms in total. The van der Waals surface area contributed by atoms with E-state index >= 15 is 0 Å². The maximum absolute atomic E-state index is 12.4. The first-order valence-corrected chi connectivity index (χ1v) is 13.0. The number of halogens is 1. The zero-order valence-corrected chi connectivity index (χ0v) is 22.5. The van der Waals surface area contributed by atoms with E-state index < -0.39 is 17.5 Å². The molecule has 0 aromatic heterocycles. The van der Waals surface area contributed by atoms with Crippen LogP contribution in [0.3, 0.4) is 0 Å². The van der Waals surface area contributed by atoms with Crippen LogP contribution in [0.1, 0.15) is 60.3 Å². The highest BCUT2D eigenvalue weighted by Crippen LogP contribution is 2.31. The number of aryl methyl sites for hydroxylation is 1. The van der Waals surface area contributed by atoms with Crippen molar-refractivity contribution in [1.29, 1.82) is 0 Å². The van der Waals surface area contributed by atoms with Crippen LogP contribution in [0, 0.1) is 5.41 Å². The van der Waals surface area contributed by atoms with Gasteiger partial charge in [0.1, 0.15) is 11.5 Å². The van der Waals surface area contributed by atoms with Gasteiger partial charge in [0, 0.05) is 23.0 Å². The van der Waals surface area contributed by atoms with Crippen LogP contribution in [-0.4, -0.2) is 34.7 Å². The SMILES string of the molecule is CC(C)(C)C(=O)Nc1ccc(Oc2ccc3c(c2)C[C@@H](NC[C@@H](O)c2cccc(Cl)c2)CC3)cc1C(=O)O. The van der Waals surface area contributed by atoms with Gasteiger partial charge in [-0.25, -0.2) is 4.79 Å². The molecule has 3 aromatic rings. The number of carboxylic acid groups (broad SMARTS) is 1. The van der Waals surface area contributed by atoms with E-state index in [4.69, 9.17) is 16.3 Å². The zero-order valence-electron chi connectivity index (χ0n) is 21.8. The second kappa shape index (κ2) is 11.6. The van der Waals surface area contributed by atoms with Gasteiger partial charge in [0.15, 0.2) is 0 Å². The number of carbonyl (C=O) groups excluding carboxylic acids is 1. The van der Waals surface area contributed by atoms with E-state index in [1.165, 1.54) is 11.6 Å². The van der Waals surface area contributed by atoms with E-state index in [2.05, 4.69) is 10.6 Å². The predicted octanol–water partition coefficient (Wildman–Crippen LogP) is 6.00. The minimum atomic E-state index is -1.15. The van der Waals surface area contributed by atoms with Crippen LogP contribution in [0.25, 0.3) is 0 Å². The van der Waals surface area contributed by atoms with Gasteiger partial charge >= 0.3 is 5.97 Å². The molecule has 0 saturated carbocycles. The minimum absolute atomic E-state index is 0.0411. The molecule has 0 spiro atoms. The average Bonchev–Trinajstić information content (AvgIpc) is 2.87. The van der Waals surface area contributed by atoms with Crippen LogP contribution in [0.2, 0.25) is 5.02 Å². The van der Waals surface area contributed by atoms with Crippen molar-refractivity contribution < 1.29 is 24.5 Å². The lowest BCUT2D eigenvalue weighted by atomic mass is 9.88. The van der Waals surface area contributed by atoms with E-state index in [-0.39, 0.29) is 23.2 Å². The van der Waals surface area contributed by atoms with E-state index in [0.29, 0.717) is 23.1 Å². The third kappa shape index (κ3) is 6.92. The molecule has 200 valence electrons. The maximum Gasteiger partial charge on any atom is 0.337 e. The highest BCUT2D eigenvalue weighted by atomic mass is 35.5. The fraction of sp³-hybridized carbons (Fsp3) is 0.333. The van der Waals surface area contributed by atoms with E-state index in [0.717, 1.165) is 30.4 Å². The third-order valence-corrected chi connectivity index (χ3v) is 6.86. The average molecular weight is 537 g/mol. The van der Waals surface area contributed by atoms with Crippen LogP contribution < -0.4 is 15.4 Å². The molecule has 0 saturated heterocycles. The first-order valence-electron chi connectivity index (χ1n) is 12.6. The lowest BCUT2D eigenvalue weighted by molar-refractivity contribution is -0.123. The molecule has 1 amide bonds. The molecule has 38 heavy (non-hydrogen) atoms. The van der Waals surface area contributed by atoms with Gasteiger partial charge < -0.3 is 25.6 Å². The number of nitrogens with one attached hydrogen (secondary N) is 2. The Kier molecular flexibility index (Phi) is 8.41. The molecular weight excluding hydrogens is 504 g/mol. The van der Waals surface area contributed by atoms with Crippen LogP contribution >= 0.6 is 11.6 Å². The van der Waals surface area contributed by atoms with Crippen molar-refractivity contribution in [3.8, 4) is 11.5 Å². The summed E-state index contributed by atoms with van der Waals surface area (Å²) in [7, 11) is 0. The third-order valence-electron chi connectivity index (χ3n) is 6.63. The van der Waals surface area contributed by atoms with Crippen molar-refractivity contribution >= 4 is 29.2 Å². The summed E-state index contributed by atoms with van der Waals surface area (Å²) >= 11 is 6.05. The van der Waals surface area contributed by atoms with Gasteiger partial charge in [-0.1, -0.05) is 50.6 Å². The summed E-state index contributed by atoms with van der Waals surface area (Å²) in [5.74, 6) is -0.456. The van der Waals surface area contributed by atoms with Gasteiger partial charge in [0.2, 0.25) is 5.91 Å². The number of benzene rings is 3. The normalized spacial score (nSPS) is 15.9. The Bertz CT molecular complexity index is 1330. The Morgan fingerprint density at radius 1 is 1.05 bits per heavy atom. The molecule has 0 bridgehead atoms. The Morgan fingerprint density at radius 3 is 2.50 bits per heavy atom. The fourth-order valence-electron chi connectivity index (χ4n) is 4.40. The molecule has 0 fully saturated rings. The molecule has 1 aliphatic rings. The summed E-state index contributed by atoms with van der Waals surface area (Å²) in [5.41, 5.74) is 2.70. The highest BCUT2D eigenvalue weighted by Gasteiger charge is 2.24. The lowest BCUT2D eigenvalue weighted by Crippen LogP contribution is -2.37. The van der Waals surface area contributed by atoms with Crippen LogP contribution in [-0.2, 0) is 17.6 Å². The summed E-state index contributed by atoms with van der Waals surface area (Å²) in [6, 6.07) is 18.0. The zero-order chi connectivity index (χ0) is 27.4. The number of amides is 1. The van der Waals surface area contributed by atoms with Gasteiger partial charge in [0.05, 0.1) is 17.4 Å². The number of hydrogen-bond donors (Lipinski definition) is 4. The maximum atomic E-state index is 12.4.